The predicted octanol–water partition coefficient (Wildman–Crippen LogP) is 5.10. The van der Waals surface area contributed by atoms with Crippen molar-refractivity contribution in [3.05, 3.63) is 95.6 Å². The summed E-state index contributed by atoms with van der Waals surface area (Å²) in [5.41, 5.74) is 3.10. The minimum atomic E-state index is -0.152. The van der Waals surface area contributed by atoms with Crippen molar-refractivity contribution in [1.29, 1.82) is 5.26 Å². The zero-order valence-corrected chi connectivity index (χ0v) is 14.3. The van der Waals surface area contributed by atoms with E-state index in [0.29, 0.717) is 16.8 Å². The van der Waals surface area contributed by atoms with Gasteiger partial charge in [0.1, 0.15) is 0 Å². The molecule has 0 aliphatic heterocycles. The Morgan fingerprint density at radius 2 is 1.60 bits per heavy atom. The van der Waals surface area contributed by atoms with Crippen LogP contribution >= 0.6 is 11.8 Å². The van der Waals surface area contributed by atoms with Gasteiger partial charge in [0.05, 0.1) is 17.2 Å². The lowest BCUT2D eigenvalue weighted by Crippen LogP contribution is -2.12. The zero-order valence-electron chi connectivity index (χ0n) is 13.5. The first-order valence-electron chi connectivity index (χ1n) is 7.83. The van der Waals surface area contributed by atoms with Crippen molar-refractivity contribution in [2.24, 2.45) is 0 Å². The molecule has 3 aromatic rings. The van der Waals surface area contributed by atoms with E-state index in [2.05, 4.69) is 23.5 Å². The monoisotopic (exact) mass is 344 g/mol. The van der Waals surface area contributed by atoms with Crippen LogP contribution in [0.25, 0.3) is 0 Å². The van der Waals surface area contributed by atoms with Gasteiger partial charge in [-0.2, -0.15) is 5.26 Å². The molecule has 0 saturated heterocycles. The predicted molar refractivity (Wildman–Crippen MR) is 102 cm³/mol. The number of carbonyl (C=O) groups excluding carboxylic acids is 1. The summed E-state index contributed by atoms with van der Waals surface area (Å²) >= 11 is 1.64. The molecule has 1 amide bonds. The molecule has 3 rings (SSSR count). The maximum absolute atomic E-state index is 12.6. The molecule has 3 nitrogen and oxygen atoms in total. The topological polar surface area (TPSA) is 52.9 Å². The molecule has 3 aromatic carbocycles. The van der Waals surface area contributed by atoms with Gasteiger partial charge in [0, 0.05) is 16.3 Å². The molecule has 0 aliphatic rings. The second-order valence-electron chi connectivity index (χ2n) is 5.41. The highest BCUT2D eigenvalue weighted by Gasteiger charge is 2.11. The molecular weight excluding hydrogens is 328 g/mol. The van der Waals surface area contributed by atoms with Crippen LogP contribution in [0.3, 0.4) is 0 Å². The fourth-order valence-electron chi connectivity index (χ4n) is 2.34. The van der Waals surface area contributed by atoms with Crippen molar-refractivity contribution in [1.82, 2.24) is 0 Å². The van der Waals surface area contributed by atoms with E-state index in [1.807, 2.05) is 42.5 Å². The summed E-state index contributed by atoms with van der Waals surface area (Å²) in [5, 5.41) is 11.7. The lowest BCUT2D eigenvalue weighted by atomic mass is 10.2. The van der Waals surface area contributed by atoms with Crippen molar-refractivity contribution in [3.8, 4) is 6.07 Å². The Bertz CT molecular complexity index is 899. The number of benzene rings is 3. The summed E-state index contributed by atoms with van der Waals surface area (Å²) in [6, 6.07) is 26.7. The standard InChI is InChI=1S/C21H16N2OS/c22-14-16-10-12-18(13-11-16)23-21(24)19-8-4-5-9-20(19)25-15-17-6-2-1-3-7-17/h1-13H,15H2,(H,23,24). The van der Waals surface area contributed by atoms with Gasteiger partial charge in [0.2, 0.25) is 0 Å². The lowest BCUT2D eigenvalue weighted by molar-refractivity contribution is 0.102. The SMILES string of the molecule is N#Cc1ccc(NC(=O)c2ccccc2SCc2ccccc2)cc1. The molecule has 0 heterocycles. The fourth-order valence-corrected chi connectivity index (χ4v) is 3.35. The van der Waals surface area contributed by atoms with Gasteiger partial charge in [-0.05, 0) is 42.0 Å². The Kier molecular flexibility index (Phi) is 5.50. The molecule has 0 bridgehead atoms. The molecule has 0 saturated carbocycles. The highest BCUT2D eigenvalue weighted by atomic mass is 32.2. The van der Waals surface area contributed by atoms with Gasteiger partial charge in [-0.15, -0.1) is 11.8 Å². The van der Waals surface area contributed by atoms with E-state index in [-0.39, 0.29) is 5.91 Å². The molecular formula is C21H16N2OS. The van der Waals surface area contributed by atoms with Crippen LogP contribution in [0.4, 0.5) is 5.69 Å². The van der Waals surface area contributed by atoms with Gasteiger partial charge in [-0.1, -0.05) is 42.5 Å². The minimum Gasteiger partial charge on any atom is -0.322 e. The van der Waals surface area contributed by atoms with Crippen molar-refractivity contribution in [3.63, 3.8) is 0 Å². The number of amides is 1. The molecule has 122 valence electrons. The van der Waals surface area contributed by atoms with Gasteiger partial charge < -0.3 is 5.32 Å². The number of anilines is 1. The van der Waals surface area contributed by atoms with Crippen molar-refractivity contribution < 1.29 is 4.79 Å². The van der Waals surface area contributed by atoms with Gasteiger partial charge in [0.25, 0.3) is 5.91 Å². The third-order valence-electron chi connectivity index (χ3n) is 3.64. The van der Waals surface area contributed by atoms with Gasteiger partial charge in [-0.3, -0.25) is 4.79 Å². The van der Waals surface area contributed by atoms with E-state index in [9.17, 15) is 4.79 Å². The molecule has 0 radical (unpaired) electrons. The third-order valence-corrected chi connectivity index (χ3v) is 4.79. The lowest BCUT2D eigenvalue weighted by Gasteiger charge is -2.10. The molecule has 0 aromatic heterocycles. The molecule has 0 spiro atoms. The normalized spacial score (nSPS) is 10.0. The smallest absolute Gasteiger partial charge is 0.256 e. The first-order valence-corrected chi connectivity index (χ1v) is 8.82. The highest BCUT2D eigenvalue weighted by Crippen LogP contribution is 2.27. The van der Waals surface area contributed by atoms with Crippen LogP contribution in [-0.2, 0) is 5.75 Å². The number of thioether (sulfide) groups is 1. The summed E-state index contributed by atoms with van der Waals surface area (Å²) in [6.07, 6.45) is 0. The Labute approximate surface area is 151 Å². The second-order valence-corrected chi connectivity index (χ2v) is 6.43. The molecule has 4 heteroatoms. The summed E-state index contributed by atoms with van der Waals surface area (Å²) in [7, 11) is 0. The van der Waals surface area contributed by atoms with Crippen molar-refractivity contribution in [2.45, 2.75) is 10.6 Å². The third kappa shape index (κ3) is 4.50. The Morgan fingerprint density at radius 3 is 2.32 bits per heavy atom. The van der Waals surface area contributed by atoms with Crippen LogP contribution in [-0.4, -0.2) is 5.91 Å². The van der Waals surface area contributed by atoms with E-state index >= 15 is 0 Å². The largest absolute Gasteiger partial charge is 0.322 e. The Hall–Kier alpha value is -3.03. The molecule has 0 fully saturated rings. The number of nitrogens with one attached hydrogen (secondary N) is 1. The van der Waals surface area contributed by atoms with Gasteiger partial charge in [-0.25, -0.2) is 0 Å². The van der Waals surface area contributed by atoms with Crippen LogP contribution in [0.2, 0.25) is 0 Å². The maximum atomic E-state index is 12.6. The van der Waals surface area contributed by atoms with Crippen LogP contribution in [0, 0.1) is 11.3 Å². The second kappa shape index (κ2) is 8.18. The molecule has 25 heavy (non-hydrogen) atoms. The Balaban J connectivity index is 1.72. The summed E-state index contributed by atoms with van der Waals surface area (Å²) < 4.78 is 0. The van der Waals surface area contributed by atoms with Crippen LogP contribution < -0.4 is 5.32 Å². The van der Waals surface area contributed by atoms with E-state index in [1.54, 1.807) is 36.0 Å². The minimum absolute atomic E-state index is 0.152. The average Bonchev–Trinajstić information content (AvgIpc) is 2.68. The van der Waals surface area contributed by atoms with Crippen LogP contribution in [0.15, 0.2) is 83.8 Å². The average molecular weight is 344 g/mol. The first kappa shape index (κ1) is 16.8. The molecule has 1 N–H and O–H groups in total. The zero-order chi connectivity index (χ0) is 17.5. The van der Waals surface area contributed by atoms with E-state index in [0.717, 1.165) is 10.6 Å². The van der Waals surface area contributed by atoms with Crippen molar-refractivity contribution in [2.75, 3.05) is 5.32 Å². The number of hydrogen-bond donors (Lipinski definition) is 1. The number of nitrogens with zero attached hydrogens (tertiary/aromatic N) is 1. The highest BCUT2D eigenvalue weighted by molar-refractivity contribution is 7.98. The first-order chi connectivity index (χ1) is 12.3. The number of hydrogen-bond acceptors (Lipinski definition) is 3. The van der Waals surface area contributed by atoms with Crippen LogP contribution in [0.5, 0.6) is 0 Å². The number of carbonyl (C=O) groups is 1. The Morgan fingerprint density at radius 1 is 0.920 bits per heavy atom. The van der Waals surface area contributed by atoms with Gasteiger partial charge in [0.15, 0.2) is 0 Å². The van der Waals surface area contributed by atoms with Crippen molar-refractivity contribution >= 4 is 23.4 Å². The molecule has 0 aliphatic carbocycles. The number of nitriles is 1. The fraction of sp³-hybridized carbons (Fsp3) is 0.0476. The summed E-state index contributed by atoms with van der Waals surface area (Å²) in [4.78, 5) is 13.6. The van der Waals surface area contributed by atoms with Gasteiger partial charge >= 0.3 is 0 Å². The summed E-state index contributed by atoms with van der Waals surface area (Å²) in [5.74, 6) is 0.656. The van der Waals surface area contributed by atoms with E-state index in [1.165, 1.54) is 5.56 Å². The van der Waals surface area contributed by atoms with E-state index in [4.69, 9.17) is 5.26 Å². The summed E-state index contributed by atoms with van der Waals surface area (Å²) in [6.45, 7) is 0. The molecule has 0 atom stereocenters. The van der Waals surface area contributed by atoms with E-state index < -0.39 is 0 Å². The number of rotatable bonds is 5. The molecule has 0 unspecified atom stereocenters. The maximum Gasteiger partial charge on any atom is 0.256 e. The van der Waals surface area contributed by atoms with Crippen LogP contribution in [0.1, 0.15) is 21.5 Å². The quantitative estimate of drug-likeness (QED) is 0.655.